The summed E-state index contributed by atoms with van der Waals surface area (Å²) in [6.07, 6.45) is 0. The van der Waals surface area contributed by atoms with Crippen molar-refractivity contribution >= 4 is 11.7 Å². The zero-order chi connectivity index (χ0) is 14.6. The number of ether oxygens (including phenoxy) is 1. The highest BCUT2D eigenvalue weighted by Crippen LogP contribution is 2.23. The Morgan fingerprint density at radius 3 is 2.32 bits per heavy atom. The van der Waals surface area contributed by atoms with Crippen LogP contribution in [0.15, 0.2) is 12.1 Å². The van der Waals surface area contributed by atoms with Crippen LogP contribution in [0.4, 0.5) is 0 Å². The molecule has 19 heavy (non-hydrogen) atoms. The Labute approximate surface area is 114 Å². The van der Waals surface area contributed by atoms with Gasteiger partial charge in [-0.15, -0.1) is 0 Å². The molecule has 1 N–H and O–H groups in total. The quantitative estimate of drug-likeness (QED) is 0.655. The lowest BCUT2D eigenvalue weighted by Gasteiger charge is -2.11. The van der Waals surface area contributed by atoms with Gasteiger partial charge in [-0.1, -0.05) is 13.8 Å². The van der Waals surface area contributed by atoms with E-state index < -0.39 is 11.7 Å². The van der Waals surface area contributed by atoms with Gasteiger partial charge < -0.3 is 10.1 Å². The van der Waals surface area contributed by atoms with Gasteiger partial charge in [-0.3, -0.25) is 9.59 Å². The molecule has 0 fully saturated rings. The fourth-order valence-corrected chi connectivity index (χ4v) is 1.64. The highest BCUT2D eigenvalue weighted by atomic mass is 16.5. The third-order valence-corrected chi connectivity index (χ3v) is 2.94. The molecular weight excluding hydrogens is 242 g/mol. The van der Waals surface area contributed by atoms with Crippen LogP contribution in [-0.2, 0) is 4.79 Å². The normalized spacial score (nSPS) is 10.4. The molecule has 1 amide bonds. The summed E-state index contributed by atoms with van der Waals surface area (Å²) in [5.74, 6) is -0.401. The number of carbonyl (C=O) groups is 2. The molecule has 0 saturated carbocycles. The van der Waals surface area contributed by atoms with E-state index in [-0.39, 0.29) is 0 Å². The molecule has 0 atom stereocenters. The topological polar surface area (TPSA) is 55.4 Å². The molecule has 1 aromatic rings. The first-order chi connectivity index (χ1) is 8.86. The van der Waals surface area contributed by atoms with Gasteiger partial charge in [-0.2, -0.15) is 0 Å². The molecular formula is C15H21NO3. The number of aryl methyl sites for hydroxylation is 2. The number of methoxy groups -OCH3 is 1. The van der Waals surface area contributed by atoms with E-state index in [1.165, 1.54) is 7.11 Å². The Balaban J connectivity index is 2.99. The number of amides is 1. The van der Waals surface area contributed by atoms with Crippen LogP contribution < -0.4 is 10.1 Å². The van der Waals surface area contributed by atoms with E-state index in [1.807, 2.05) is 27.7 Å². The lowest BCUT2D eigenvalue weighted by atomic mass is 10.0. The van der Waals surface area contributed by atoms with Crippen molar-refractivity contribution in [3.8, 4) is 5.75 Å². The predicted octanol–water partition coefficient (Wildman–Crippen LogP) is 2.27. The van der Waals surface area contributed by atoms with Gasteiger partial charge in [0.2, 0.25) is 0 Å². The fourth-order valence-electron chi connectivity index (χ4n) is 1.64. The van der Waals surface area contributed by atoms with E-state index in [0.717, 1.165) is 11.1 Å². The molecule has 0 saturated heterocycles. The molecule has 0 aliphatic rings. The lowest BCUT2D eigenvalue weighted by Crippen LogP contribution is -2.33. The first kappa shape index (κ1) is 15.2. The minimum absolute atomic E-state index is 0.304. The Bertz CT molecular complexity index is 492. The largest absolute Gasteiger partial charge is 0.496 e. The maximum atomic E-state index is 12.1. The van der Waals surface area contributed by atoms with E-state index in [0.29, 0.717) is 23.8 Å². The van der Waals surface area contributed by atoms with Gasteiger partial charge in [0, 0.05) is 6.54 Å². The van der Waals surface area contributed by atoms with E-state index in [9.17, 15) is 9.59 Å². The molecule has 4 heteroatoms. The van der Waals surface area contributed by atoms with Crippen LogP contribution >= 0.6 is 0 Å². The molecule has 1 rings (SSSR count). The fraction of sp³-hybridized carbons (Fsp3) is 0.467. The van der Waals surface area contributed by atoms with Gasteiger partial charge in [0.15, 0.2) is 0 Å². The second-order valence-corrected chi connectivity index (χ2v) is 5.07. The monoisotopic (exact) mass is 263 g/mol. The zero-order valence-electron chi connectivity index (χ0n) is 12.2. The van der Waals surface area contributed by atoms with Gasteiger partial charge in [-0.25, -0.2) is 0 Å². The first-order valence-corrected chi connectivity index (χ1v) is 6.34. The van der Waals surface area contributed by atoms with Gasteiger partial charge in [0.1, 0.15) is 5.75 Å². The number of benzene rings is 1. The smallest absolute Gasteiger partial charge is 0.292 e. The molecule has 0 aliphatic heterocycles. The second-order valence-electron chi connectivity index (χ2n) is 5.07. The molecule has 0 spiro atoms. The van der Waals surface area contributed by atoms with Gasteiger partial charge >= 0.3 is 0 Å². The number of Topliss-reactive ketones (excluding diaryl/α,β-unsaturated/α-hetero) is 1. The molecule has 4 nitrogen and oxygen atoms in total. The summed E-state index contributed by atoms with van der Waals surface area (Å²) in [5.41, 5.74) is 2.30. The summed E-state index contributed by atoms with van der Waals surface area (Å²) in [7, 11) is 1.49. The van der Waals surface area contributed by atoms with Crippen molar-refractivity contribution in [2.75, 3.05) is 13.7 Å². The summed E-state index contributed by atoms with van der Waals surface area (Å²) in [6, 6.07) is 3.48. The van der Waals surface area contributed by atoms with Gasteiger partial charge in [0.25, 0.3) is 11.7 Å². The van der Waals surface area contributed by atoms with E-state index in [2.05, 4.69) is 5.32 Å². The van der Waals surface area contributed by atoms with Crippen molar-refractivity contribution < 1.29 is 14.3 Å². The van der Waals surface area contributed by atoms with Crippen molar-refractivity contribution in [3.05, 3.63) is 28.8 Å². The van der Waals surface area contributed by atoms with Crippen LogP contribution in [0.2, 0.25) is 0 Å². The predicted molar refractivity (Wildman–Crippen MR) is 74.6 cm³/mol. The van der Waals surface area contributed by atoms with Gasteiger partial charge in [0.05, 0.1) is 12.7 Å². The highest BCUT2D eigenvalue weighted by molar-refractivity contribution is 6.43. The number of nitrogens with one attached hydrogen (secondary N) is 1. The molecule has 0 bridgehead atoms. The summed E-state index contributed by atoms with van der Waals surface area (Å²) < 4.78 is 5.18. The Hall–Kier alpha value is -1.84. The Morgan fingerprint density at radius 1 is 1.21 bits per heavy atom. The summed E-state index contributed by atoms with van der Waals surface area (Å²) in [6.45, 7) is 8.27. The highest BCUT2D eigenvalue weighted by Gasteiger charge is 2.21. The number of rotatable bonds is 5. The average Bonchev–Trinajstić information content (AvgIpc) is 2.37. The number of hydrogen-bond acceptors (Lipinski definition) is 3. The Kier molecular flexibility index (Phi) is 5.10. The van der Waals surface area contributed by atoms with Crippen LogP contribution in [0, 0.1) is 19.8 Å². The average molecular weight is 263 g/mol. The second kappa shape index (κ2) is 6.36. The minimum atomic E-state index is -0.588. The van der Waals surface area contributed by atoms with Crippen LogP contribution in [-0.4, -0.2) is 25.3 Å². The molecule has 0 unspecified atom stereocenters. The molecule has 0 radical (unpaired) electrons. The zero-order valence-corrected chi connectivity index (χ0v) is 12.2. The van der Waals surface area contributed by atoms with Crippen molar-refractivity contribution in [1.82, 2.24) is 5.32 Å². The van der Waals surface area contributed by atoms with E-state index in [4.69, 9.17) is 4.74 Å². The molecule has 104 valence electrons. The number of hydrogen-bond donors (Lipinski definition) is 1. The van der Waals surface area contributed by atoms with E-state index in [1.54, 1.807) is 12.1 Å². The summed E-state index contributed by atoms with van der Waals surface area (Å²) >= 11 is 0. The third kappa shape index (κ3) is 3.81. The van der Waals surface area contributed by atoms with Crippen molar-refractivity contribution in [3.63, 3.8) is 0 Å². The van der Waals surface area contributed by atoms with Crippen molar-refractivity contribution in [2.24, 2.45) is 5.92 Å². The number of ketones is 1. The lowest BCUT2D eigenvalue weighted by molar-refractivity contribution is -0.117. The van der Waals surface area contributed by atoms with Crippen molar-refractivity contribution in [1.29, 1.82) is 0 Å². The SMILES string of the molecule is COc1cc(C)c(C)cc1C(=O)C(=O)NCC(C)C. The standard InChI is InChI=1S/C15H21NO3/c1-9(2)8-16-15(18)14(17)12-6-10(3)11(4)7-13(12)19-5/h6-7,9H,8H2,1-5H3,(H,16,18). The Morgan fingerprint density at radius 2 is 1.79 bits per heavy atom. The van der Waals surface area contributed by atoms with E-state index >= 15 is 0 Å². The summed E-state index contributed by atoms with van der Waals surface area (Å²) in [4.78, 5) is 23.9. The maximum Gasteiger partial charge on any atom is 0.292 e. The molecule has 1 aromatic carbocycles. The molecule has 0 heterocycles. The van der Waals surface area contributed by atoms with Crippen LogP contribution in [0.5, 0.6) is 5.75 Å². The molecule has 0 aromatic heterocycles. The van der Waals surface area contributed by atoms with Crippen molar-refractivity contribution in [2.45, 2.75) is 27.7 Å². The van der Waals surface area contributed by atoms with Crippen LogP contribution in [0.25, 0.3) is 0 Å². The molecule has 0 aliphatic carbocycles. The maximum absolute atomic E-state index is 12.1. The van der Waals surface area contributed by atoms with Crippen LogP contribution in [0.3, 0.4) is 0 Å². The first-order valence-electron chi connectivity index (χ1n) is 6.34. The minimum Gasteiger partial charge on any atom is -0.496 e. The third-order valence-electron chi connectivity index (χ3n) is 2.94. The van der Waals surface area contributed by atoms with Gasteiger partial charge in [-0.05, 0) is 43.0 Å². The summed E-state index contributed by atoms with van der Waals surface area (Å²) in [5, 5.41) is 2.62. The number of carbonyl (C=O) groups excluding carboxylic acids is 2. The van der Waals surface area contributed by atoms with Crippen LogP contribution in [0.1, 0.15) is 35.3 Å².